The lowest BCUT2D eigenvalue weighted by Crippen LogP contribution is -2.47. The Morgan fingerprint density at radius 1 is 0.906 bits per heavy atom. The van der Waals surface area contributed by atoms with Crippen LogP contribution >= 0.6 is 0 Å². The number of anilines is 1. The Bertz CT molecular complexity index is 841. The van der Waals surface area contributed by atoms with Gasteiger partial charge in [0, 0.05) is 49.5 Å². The van der Waals surface area contributed by atoms with Crippen LogP contribution < -0.4 is 10.6 Å². The maximum Gasteiger partial charge on any atom is 0.0726 e. The van der Waals surface area contributed by atoms with Gasteiger partial charge in [-0.25, -0.2) is 0 Å². The van der Waals surface area contributed by atoms with Crippen molar-refractivity contribution in [3.63, 3.8) is 0 Å². The second kappa shape index (κ2) is 12.0. The highest BCUT2D eigenvalue weighted by molar-refractivity contribution is 5.93. The van der Waals surface area contributed by atoms with Crippen LogP contribution in [0.1, 0.15) is 50.8 Å². The minimum Gasteiger partial charge on any atom is -0.384 e. The first-order valence-corrected chi connectivity index (χ1v) is 13.0. The van der Waals surface area contributed by atoms with Crippen molar-refractivity contribution in [2.24, 2.45) is 5.92 Å². The molecule has 1 aliphatic carbocycles. The van der Waals surface area contributed by atoms with E-state index in [1.165, 1.54) is 93.7 Å². The summed E-state index contributed by atoms with van der Waals surface area (Å²) in [7, 11) is 0. The van der Waals surface area contributed by atoms with Gasteiger partial charge in [0.1, 0.15) is 0 Å². The van der Waals surface area contributed by atoms with Crippen LogP contribution in [0.3, 0.4) is 0 Å². The highest BCUT2D eigenvalue weighted by atomic mass is 15.3. The first-order valence-electron chi connectivity index (χ1n) is 13.0. The molecule has 176 valence electrons. The molecule has 2 aromatic rings. The lowest BCUT2D eigenvalue weighted by atomic mass is 9.92. The Labute approximate surface area is 195 Å². The largest absolute Gasteiger partial charge is 0.384 e. The maximum absolute atomic E-state index is 4.97. The van der Waals surface area contributed by atoms with Gasteiger partial charge in [0.05, 0.1) is 5.52 Å². The van der Waals surface area contributed by atoms with Gasteiger partial charge < -0.3 is 20.4 Å². The number of piperazine rings is 1. The van der Waals surface area contributed by atoms with Crippen LogP contribution in [-0.2, 0) is 12.8 Å². The van der Waals surface area contributed by atoms with Crippen LogP contribution in [0, 0.1) is 5.92 Å². The molecule has 0 saturated carbocycles. The van der Waals surface area contributed by atoms with Gasteiger partial charge >= 0.3 is 0 Å². The van der Waals surface area contributed by atoms with Crippen LogP contribution in [0.4, 0.5) is 5.69 Å². The normalized spacial score (nSPS) is 17.7. The predicted octanol–water partition coefficient (Wildman–Crippen LogP) is 4.17. The van der Waals surface area contributed by atoms with Gasteiger partial charge in [-0.3, -0.25) is 4.98 Å². The maximum atomic E-state index is 4.97. The third-order valence-electron chi connectivity index (χ3n) is 6.97. The number of aryl methyl sites for hydroxylation is 1. The molecule has 2 N–H and O–H groups in total. The molecule has 0 atom stereocenters. The van der Waals surface area contributed by atoms with Crippen LogP contribution in [0.15, 0.2) is 24.3 Å². The van der Waals surface area contributed by atoms with Crippen LogP contribution in [0.25, 0.3) is 10.9 Å². The van der Waals surface area contributed by atoms with E-state index in [1.807, 2.05) is 0 Å². The number of para-hydroxylation sites is 1. The second-order valence-corrected chi connectivity index (χ2v) is 10.1. The first kappa shape index (κ1) is 23.5. The smallest absolute Gasteiger partial charge is 0.0726 e. The van der Waals surface area contributed by atoms with E-state index in [0.717, 1.165) is 37.5 Å². The van der Waals surface area contributed by atoms with Gasteiger partial charge in [0.2, 0.25) is 0 Å². The fraction of sp³-hybridized carbons (Fsp3) is 0.667. The quantitative estimate of drug-likeness (QED) is 0.517. The SMILES string of the molecule is CC(C)CNCCCN1CCN(CCCNc2c3c(nc4ccccc24)CCCC3)CC1. The van der Waals surface area contributed by atoms with Crippen molar-refractivity contribution in [1.29, 1.82) is 0 Å². The summed E-state index contributed by atoms with van der Waals surface area (Å²) < 4.78 is 0. The summed E-state index contributed by atoms with van der Waals surface area (Å²) >= 11 is 0. The van der Waals surface area contributed by atoms with Gasteiger partial charge in [-0.2, -0.15) is 0 Å². The molecule has 0 unspecified atom stereocenters. The Kier molecular flexibility index (Phi) is 8.77. The van der Waals surface area contributed by atoms with E-state index in [2.05, 4.69) is 58.5 Å². The fourth-order valence-corrected chi connectivity index (χ4v) is 5.15. The van der Waals surface area contributed by atoms with Crippen molar-refractivity contribution in [2.75, 3.05) is 64.2 Å². The Balaban J connectivity index is 1.19. The molecule has 1 aliphatic heterocycles. The summed E-state index contributed by atoms with van der Waals surface area (Å²) in [5.74, 6) is 0.746. The average Bonchev–Trinajstić information content (AvgIpc) is 2.81. The molecule has 1 saturated heterocycles. The molecule has 0 spiro atoms. The van der Waals surface area contributed by atoms with Gasteiger partial charge in [-0.1, -0.05) is 32.0 Å². The lowest BCUT2D eigenvalue weighted by molar-refractivity contribution is 0.131. The highest BCUT2D eigenvalue weighted by Gasteiger charge is 2.19. The zero-order chi connectivity index (χ0) is 22.2. The zero-order valence-corrected chi connectivity index (χ0v) is 20.3. The molecular formula is C27H43N5. The number of hydrogen-bond donors (Lipinski definition) is 2. The minimum atomic E-state index is 0.746. The van der Waals surface area contributed by atoms with E-state index in [-0.39, 0.29) is 0 Å². The number of fused-ring (bicyclic) bond motifs is 2. The summed E-state index contributed by atoms with van der Waals surface area (Å²) in [5, 5.41) is 8.69. The third kappa shape index (κ3) is 6.43. The number of nitrogens with zero attached hydrogens (tertiary/aromatic N) is 3. The summed E-state index contributed by atoms with van der Waals surface area (Å²) in [6.07, 6.45) is 7.33. The number of pyridine rings is 1. The van der Waals surface area contributed by atoms with Crippen molar-refractivity contribution in [2.45, 2.75) is 52.4 Å². The van der Waals surface area contributed by atoms with E-state index in [9.17, 15) is 0 Å². The molecule has 32 heavy (non-hydrogen) atoms. The fourth-order valence-electron chi connectivity index (χ4n) is 5.15. The van der Waals surface area contributed by atoms with E-state index in [0.29, 0.717) is 0 Å². The van der Waals surface area contributed by atoms with Crippen LogP contribution in [0.2, 0.25) is 0 Å². The predicted molar refractivity (Wildman–Crippen MR) is 137 cm³/mol. The van der Waals surface area contributed by atoms with Gasteiger partial charge in [-0.05, 0) is 82.3 Å². The average molecular weight is 438 g/mol. The van der Waals surface area contributed by atoms with E-state index < -0.39 is 0 Å². The van der Waals surface area contributed by atoms with Gasteiger partial charge in [0.25, 0.3) is 0 Å². The molecule has 1 aromatic carbocycles. The molecule has 1 aromatic heterocycles. The molecule has 4 rings (SSSR count). The standard InChI is InChI=1S/C27H43N5/c1-22(2)21-28-13-7-15-31-17-19-32(20-18-31)16-8-14-29-27-23-9-3-5-11-25(23)30-26-12-6-4-10-24(26)27/h3,5,9,11,22,28H,4,6-8,10,12-21H2,1-2H3,(H,29,30). The molecule has 5 heteroatoms. The molecule has 2 heterocycles. The van der Waals surface area contributed by atoms with Gasteiger partial charge in [-0.15, -0.1) is 0 Å². The summed E-state index contributed by atoms with van der Waals surface area (Å²) in [4.78, 5) is 10.3. The number of aromatic nitrogens is 1. The zero-order valence-electron chi connectivity index (χ0n) is 20.3. The summed E-state index contributed by atoms with van der Waals surface area (Å²) in [5.41, 5.74) is 5.31. The van der Waals surface area contributed by atoms with E-state index in [4.69, 9.17) is 4.98 Å². The number of benzene rings is 1. The molecular weight excluding hydrogens is 394 g/mol. The highest BCUT2D eigenvalue weighted by Crippen LogP contribution is 2.33. The second-order valence-electron chi connectivity index (χ2n) is 10.1. The molecule has 2 aliphatic rings. The number of hydrogen-bond acceptors (Lipinski definition) is 5. The Morgan fingerprint density at radius 2 is 1.59 bits per heavy atom. The third-order valence-corrected chi connectivity index (χ3v) is 6.97. The molecule has 1 fully saturated rings. The monoisotopic (exact) mass is 437 g/mol. The topological polar surface area (TPSA) is 43.4 Å². The van der Waals surface area contributed by atoms with Crippen molar-refractivity contribution in [1.82, 2.24) is 20.1 Å². The minimum absolute atomic E-state index is 0.746. The van der Waals surface area contributed by atoms with Crippen molar-refractivity contribution < 1.29 is 0 Å². The first-order chi connectivity index (χ1) is 15.7. The number of nitrogens with one attached hydrogen (secondary N) is 2. The Morgan fingerprint density at radius 3 is 2.34 bits per heavy atom. The Hall–Kier alpha value is -1.69. The molecule has 5 nitrogen and oxygen atoms in total. The van der Waals surface area contributed by atoms with Crippen molar-refractivity contribution in [3.05, 3.63) is 35.5 Å². The van der Waals surface area contributed by atoms with E-state index >= 15 is 0 Å². The van der Waals surface area contributed by atoms with E-state index in [1.54, 1.807) is 0 Å². The lowest BCUT2D eigenvalue weighted by Gasteiger charge is -2.34. The summed E-state index contributed by atoms with van der Waals surface area (Å²) in [6.45, 7) is 15.2. The van der Waals surface area contributed by atoms with Crippen LogP contribution in [-0.4, -0.2) is 73.7 Å². The van der Waals surface area contributed by atoms with Crippen molar-refractivity contribution >= 4 is 16.6 Å². The van der Waals surface area contributed by atoms with Crippen LogP contribution in [0.5, 0.6) is 0 Å². The van der Waals surface area contributed by atoms with Gasteiger partial charge in [0.15, 0.2) is 0 Å². The molecule has 0 bridgehead atoms. The van der Waals surface area contributed by atoms with Crippen molar-refractivity contribution in [3.8, 4) is 0 Å². The number of rotatable bonds is 11. The summed E-state index contributed by atoms with van der Waals surface area (Å²) in [6, 6.07) is 8.65. The molecule has 0 radical (unpaired) electrons. The molecule has 0 amide bonds.